The van der Waals surface area contributed by atoms with E-state index in [4.69, 9.17) is 4.74 Å². The predicted molar refractivity (Wildman–Crippen MR) is 123 cm³/mol. The zero-order valence-electron chi connectivity index (χ0n) is 18.8. The van der Waals surface area contributed by atoms with Crippen molar-refractivity contribution in [2.75, 3.05) is 10.9 Å². The smallest absolute Gasteiger partial charge is 0.417 e. The molecule has 7 nitrogen and oxygen atoms in total. The minimum absolute atomic E-state index is 0.0153. The second kappa shape index (κ2) is 10.2. The highest BCUT2D eigenvalue weighted by Crippen LogP contribution is 2.40. The summed E-state index contributed by atoms with van der Waals surface area (Å²) in [6.45, 7) is 1.89. The Morgan fingerprint density at radius 1 is 1.23 bits per heavy atom. The van der Waals surface area contributed by atoms with Crippen molar-refractivity contribution in [1.29, 1.82) is 0 Å². The molecule has 1 aromatic heterocycles. The highest BCUT2D eigenvalue weighted by atomic mass is 32.2. The van der Waals surface area contributed by atoms with Crippen LogP contribution in [0.3, 0.4) is 0 Å². The molecule has 11 heteroatoms. The van der Waals surface area contributed by atoms with Gasteiger partial charge in [-0.05, 0) is 55.5 Å². The van der Waals surface area contributed by atoms with Crippen LogP contribution in [0, 0.1) is 0 Å². The van der Waals surface area contributed by atoms with E-state index in [2.05, 4.69) is 5.10 Å². The standard InChI is InChI=1S/C24H24F3N3O4S/c1-2-34-23(31)15-29-21-8-5-9-22(19(21)14-28-29)30(35(32)33)17-12-10-16(11-13-17)18-6-3-4-7-20(18)24(25,26)27/h3-4,6-7,10-14,22H,2,5,8-9,15H2,1H3,(H,32,33)/p-1. The van der Waals surface area contributed by atoms with Gasteiger partial charge in [0, 0.05) is 28.2 Å². The van der Waals surface area contributed by atoms with Gasteiger partial charge in [-0.25, -0.2) is 0 Å². The van der Waals surface area contributed by atoms with Crippen LogP contribution in [0.1, 0.15) is 42.6 Å². The molecule has 1 heterocycles. The number of carbonyl (C=O) groups excluding carboxylic acids is 1. The number of aromatic nitrogens is 2. The van der Waals surface area contributed by atoms with Crippen molar-refractivity contribution in [2.45, 2.75) is 44.9 Å². The quantitative estimate of drug-likeness (QED) is 0.339. The molecule has 1 aliphatic rings. The number of nitrogens with zero attached hydrogens (tertiary/aromatic N) is 3. The number of esters is 1. The number of hydrogen-bond donors (Lipinski definition) is 0. The van der Waals surface area contributed by atoms with Gasteiger partial charge in [0.15, 0.2) is 0 Å². The summed E-state index contributed by atoms with van der Waals surface area (Å²) < 4.78 is 72.6. The third-order valence-electron chi connectivity index (χ3n) is 5.92. The number of benzene rings is 2. The molecule has 0 fully saturated rings. The van der Waals surface area contributed by atoms with Crippen molar-refractivity contribution in [3.63, 3.8) is 0 Å². The van der Waals surface area contributed by atoms with Gasteiger partial charge in [0.2, 0.25) is 0 Å². The molecular weight excluding hydrogens is 483 g/mol. The lowest BCUT2D eigenvalue weighted by Gasteiger charge is -2.37. The highest BCUT2D eigenvalue weighted by Gasteiger charge is 2.34. The molecule has 2 unspecified atom stereocenters. The van der Waals surface area contributed by atoms with Crippen LogP contribution in [0.4, 0.5) is 18.9 Å². The Balaban J connectivity index is 1.65. The van der Waals surface area contributed by atoms with E-state index in [1.165, 1.54) is 51.5 Å². The van der Waals surface area contributed by atoms with Crippen molar-refractivity contribution >= 4 is 22.9 Å². The van der Waals surface area contributed by atoms with E-state index in [9.17, 15) is 26.7 Å². The van der Waals surface area contributed by atoms with E-state index >= 15 is 0 Å². The lowest BCUT2D eigenvalue weighted by atomic mass is 9.92. The molecule has 2 atom stereocenters. The largest absolute Gasteiger partial charge is 0.755 e. The molecule has 35 heavy (non-hydrogen) atoms. The number of carbonyl (C=O) groups is 1. The lowest BCUT2D eigenvalue weighted by Crippen LogP contribution is -2.33. The number of halogens is 3. The van der Waals surface area contributed by atoms with Crippen LogP contribution >= 0.6 is 0 Å². The maximum Gasteiger partial charge on any atom is 0.417 e. The van der Waals surface area contributed by atoms with Gasteiger partial charge in [-0.2, -0.15) is 18.3 Å². The Labute approximate surface area is 202 Å². The molecule has 2 aromatic carbocycles. The second-order valence-corrected chi connectivity index (χ2v) is 8.88. The van der Waals surface area contributed by atoms with Gasteiger partial charge >= 0.3 is 12.1 Å². The molecule has 0 bridgehead atoms. The van der Waals surface area contributed by atoms with Crippen molar-refractivity contribution in [3.8, 4) is 11.1 Å². The summed E-state index contributed by atoms with van der Waals surface area (Å²) in [5, 5.41) is 4.27. The first-order valence-corrected chi connectivity index (χ1v) is 12.1. The van der Waals surface area contributed by atoms with Gasteiger partial charge in [-0.1, -0.05) is 30.3 Å². The molecule has 0 N–H and O–H groups in total. The molecule has 0 saturated heterocycles. The number of alkyl halides is 3. The molecule has 1 aliphatic carbocycles. The number of rotatable bonds is 7. The molecule has 3 aromatic rings. The minimum Gasteiger partial charge on any atom is -0.755 e. The van der Waals surface area contributed by atoms with E-state index in [-0.39, 0.29) is 18.7 Å². The normalized spacial score (nSPS) is 16.4. The summed E-state index contributed by atoms with van der Waals surface area (Å²) in [6, 6.07) is 10.6. The first-order chi connectivity index (χ1) is 16.7. The SMILES string of the molecule is CCOC(=O)Cn1ncc2c1CCCC2N(c1ccc(-c2ccccc2C(F)(F)F)cc1)S(=O)[O-]. The fourth-order valence-electron chi connectivity index (χ4n) is 4.44. The van der Waals surface area contributed by atoms with Gasteiger partial charge in [0.05, 0.1) is 24.4 Å². The van der Waals surface area contributed by atoms with Crippen LogP contribution < -0.4 is 4.31 Å². The van der Waals surface area contributed by atoms with Gasteiger partial charge in [-0.3, -0.25) is 18.0 Å². The first kappa shape index (κ1) is 24.9. The van der Waals surface area contributed by atoms with Gasteiger partial charge in [-0.15, -0.1) is 0 Å². The van der Waals surface area contributed by atoms with Crippen molar-refractivity contribution in [2.24, 2.45) is 0 Å². The Bertz CT molecular complexity index is 1230. The zero-order chi connectivity index (χ0) is 25.2. The minimum atomic E-state index is -4.51. The lowest BCUT2D eigenvalue weighted by molar-refractivity contribution is -0.144. The Hall–Kier alpha value is -3.18. The molecule has 0 spiro atoms. The van der Waals surface area contributed by atoms with Crippen LogP contribution in [0.2, 0.25) is 0 Å². The van der Waals surface area contributed by atoms with Crippen LogP contribution in [-0.2, 0) is 39.9 Å². The van der Waals surface area contributed by atoms with Crippen LogP contribution in [0.15, 0.2) is 54.7 Å². The Morgan fingerprint density at radius 2 is 1.94 bits per heavy atom. The summed E-state index contributed by atoms with van der Waals surface area (Å²) in [5.74, 6) is -0.431. The maximum absolute atomic E-state index is 13.4. The summed E-state index contributed by atoms with van der Waals surface area (Å²) in [6.07, 6.45) is -1.11. The number of anilines is 1. The zero-order valence-corrected chi connectivity index (χ0v) is 19.6. The fourth-order valence-corrected chi connectivity index (χ4v) is 5.16. The first-order valence-electron chi connectivity index (χ1n) is 11.1. The van der Waals surface area contributed by atoms with Gasteiger partial charge < -0.3 is 9.29 Å². The number of fused-ring (bicyclic) bond motifs is 1. The predicted octanol–water partition coefficient (Wildman–Crippen LogP) is 4.81. The average molecular weight is 507 g/mol. The molecule has 0 amide bonds. The van der Waals surface area contributed by atoms with Crippen molar-refractivity contribution < 1.29 is 31.5 Å². The summed E-state index contributed by atoms with van der Waals surface area (Å²) >= 11 is -2.66. The van der Waals surface area contributed by atoms with Gasteiger partial charge in [0.1, 0.15) is 6.54 Å². The van der Waals surface area contributed by atoms with E-state index < -0.39 is 35.0 Å². The Morgan fingerprint density at radius 3 is 2.60 bits per heavy atom. The Kier molecular flexibility index (Phi) is 7.27. The topological polar surface area (TPSA) is 87.5 Å². The third kappa shape index (κ3) is 5.25. The van der Waals surface area contributed by atoms with Crippen LogP contribution in [0.25, 0.3) is 11.1 Å². The number of hydrogen-bond acceptors (Lipinski definition) is 5. The van der Waals surface area contributed by atoms with Crippen LogP contribution in [0.5, 0.6) is 0 Å². The molecule has 0 saturated carbocycles. The molecule has 186 valence electrons. The van der Waals surface area contributed by atoms with E-state index in [1.807, 2.05) is 0 Å². The maximum atomic E-state index is 13.4. The molecule has 4 rings (SSSR count). The van der Waals surface area contributed by atoms with E-state index in [1.54, 1.807) is 13.1 Å². The van der Waals surface area contributed by atoms with Gasteiger partial charge in [0.25, 0.3) is 0 Å². The third-order valence-corrected chi connectivity index (χ3v) is 6.71. The van der Waals surface area contributed by atoms with Crippen LogP contribution in [-0.4, -0.2) is 31.1 Å². The van der Waals surface area contributed by atoms with Crippen molar-refractivity contribution in [3.05, 3.63) is 71.5 Å². The summed E-state index contributed by atoms with van der Waals surface area (Å²) in [5.41, 5.74) is 1.36. The fraction of sp³-hybridized carbons (Fsp3) is 0.333. The van der Waals surface area contributed by atoms with Crippen molar-refractivity contribution in [1.82, 2.24) is 9.78 Å². The number of ether oxygens (including phenoxy) is 1. The molecular formula is C24H23F3N3O4S-. The molecule has 0 radical (unpaired) electrons. The average Bonchev–Trinajstić information content (AvgIpc) is 3.22. The van der Waals surface area contributed by atoms with E-state index in [0.29, 0.717) is 36.1 Å². The highest BCUT2D eigenvalue weighted by molar-refractivity contribution is 7.80. The second-order valence-electron chi connectivity index (χ2n) is 8.05. The summed E-state index contributed by atoms with van der Waals surface area (Å²) in [7, 11) is 0. The molecule has 0 aliphatic heterocycles. The summed E-state index contributed by atoms with van der Waals surface area (Å²) in [4.78, 5) is 11.9. The van der Waals surface area contributed by atoms with E-state index in [0.717, 1.165) is 11.8 Å². The monoisotopic (exact) mass is 506 g/mol.